The maximum absolute atomic E-state index is 11.8. The van der Waals surface area contributed by atoms with Gasteiger partial charge in [0.05, 0.1) is 16.1 Å². The van der Waals surface area contributed by atoms with E-state index in [1.807, 2.05) is 42.5 Å². The highest BCUT2D eigenvalue weighted by Gasteiger charge is 2.05. The molecule has 0 aliphatic rings. The fourth-order valence-corrected chi connectivity index (χ4v) is 3.22. The van der Waals surface area contributed by atoms with Gasteiger partial charge < -0.3 is 10.1 Å². The van der Waals surface area contributed by atoms with Crippen molar-refractivity contribution in [2.75, 3.05) is 18.9 Å². The molecule has 2 aromatic carbocycles. The molecule has 0 fully saturated rings. The van der Waals surface area contributed by atoms with Gasteiger partial charge in [0.15, 0.2) is 6.61 Å². The van der Waals surface area contributed by atoms with Gasteiger partial charge in [0.1, 0.15) is 5.75 Å². The Bertz CT molecular complexity index is 731. The first kappa shape index (κ1) is 18.4. The Kier molecular flexibility index (Phi) is 7.66. The Hall–Kier alpha value is -1.97. The van der Waals surface area contributed by atoms with Gasteiger partial charge in [0.2, 0.25) is 0 Å². The van der Waals surface area contributed by atoms with Crippen molar-refractivity contribution < 1.29 is 9.53 Å². The summed E-state index contributed by atoms with van der Waals surface area (Å²) in [6, 6.07) is 17.2. The normalized spacial score (nSPS) is 10.0. The number of rotatable bonds is 8. The van der Waals surface area contributed by atoms with Gasteiger partial charge in [-0.1, -0.05) is 30.3 Å². The quantitative estimate of drug-likeness (QED) is 0.680. The topological polar surface area (TPSA) is 62.1 Å². The third kappa shape index (κ3) is 5.91. The van der Waals surface area contributed by atoms with Crippen molar-refractivity contribution >= 4 is 33.6 Å². The van der Waals surface area contributed by atoms with E-state index in [2.05, 4.69) is 27.3 Å². The fraction of sp³-hybridized carbons (Fsp3) is 0.222. The molecule has 0 bridgehead atoms. The van der Waals surface area contributed by atoms with Crippen LogP contribution in [0.5, 0.6) is 5.75 Å². The number of ether oxygens (including phenoxy) is 1. The van der Waals surface area contributed by atoms with Crippen LogP contribution in [-0.4, -0.2) is 24.8 Å². The lowest BCUT2D eigenvalue weighted by molar-refractivity contribution is -0.122. The molecule has 0 heterocycles. The summed E-state index contributed by atoms with van der Waals surface area (Å²) >= 11 is 5.05. The van der Waals surface area contributed by atoms with E-state index in [0.29, 0.717) is 17.9 Å². The van der Waals surface area contributed by atoms with Crippen molar-refractivity contribution in [2.24, 2.45) is 0 Å². The fourth-order valence-electron chi connectivity index (χ4n) is 1.96. The molecule has 0 aliphatic carbocycles. The van der Waals surface area contributed by atoms with Crippen LogP contribution < -0.4 is 10.1 Å². The lowest BCUT2D eigenvalue weighted by atomic mass is 10.1. The largest absolute Gasteiger partial charge is 0.483 e. The van der Waals surface area contributed by atoms with Crippen molar-refractivity contribution in [3.05, 3.63) is 64.1 Å². The molecular weight excluding hydrogens is 388 g/mol. The minimum absolute atomic E-state index is 0.00938. The molecule has 124 valence electrons. The van der Waals surface area contributed by atoms with E-state index < -0.39 is 0 Å². The molecule has 0 saturated carbocycles. The molecule has 0 unspecified atom stereocenters. The number of hydrogen-bond acceptors (Lipinski definition) is 4. The van der Waals surface area contributed by atoms with E-state index in [0.717, 1.165) is 21.5 Å². The molecule has 0 spiro atoms. The minimum Gasteiger partial charge on any atom is -0.483 e. The van der Waals surface area contributed by atoms with Crippen molar-refractivity contribution in [3.8, 4) is 11.8 Å². The van der Waals surface area contributed by atoms with Crippen molar-refractivity contribution in [1.82, 2.24) is 5.32 Å². The number of halogens is 1. The predicted molar refractivity (Wildman–Crippen MR) is 100.0 cm³/mol. The van der Waals surface area contributed by atoms with Gasteiger partial charge >= 0.3 is 0 Å². The Morgan fingerprint density at radius 2 is 1.96 bits per heavy atom. The number of amides is 1. The molecule has 0 atom stereocenters. The molecular formula is C18H17BrN2O2S. The Morgan fingerprint density at radius 3 is 2.75 bits per heavy atom. The van der Waals surface area contributed by atoms with E-state index in [9.17, 15) is 4.79 Å². The Morgan fingerprint density at radius 1 is 1.21 bits per heavy atom. The average Bonchev–Trinajstić information content (AvgIpc) is 2.61. The maximum atomic E-state index is 11.8. The molecule has 24 heavy (non-hydrogen) atoms. The number of thioether (sulfide) groups is 1. The van der Waals surface area contributed by atoms with E-state index in [-0.39, 0.29) is 12.5 Å². The summed E-state index contributed by atoms with van der Waals surface area (Å²) in [7, 11) is 0. The van der Waals surface area contributed by atoms with Crippen LogP contribution in [0.15, 0.2) is 53.0 Å². The maximum Gasteiger partial charge on any atom is 0.257 e. The minimum atomic E-state index is -0.149. The van der Waals surface area contributed by atoms with Gasteiger partial charge in [-0.15, -0.1) is 0 Å². The monoisotopic (exact) mass is 404 g/mol. The van der Waals surface area contributed by atoms with Gasteiger partial charge in [-0.2, -0.15) is 17.0 Å². The van der Waals surface area contributed by atoms with Crippen LogP contribution >= 0.6 is 27.7 Å². The number of carbonyl (C=O) groups is 1. The number of para-hydroxylation sites is 1. The van der Waals surface area contributed by atoms with Gasteiger partial charge in [0, 0.05) is 18.1 Å². The summed E-state index contributed by atoms with van der Waals surface area (Å²) in [5, 5.41) is 11.9. The number of benzene rings is 2. The van der Waals surface area contributed by atoms with Gasteiger partial charge in [-0.3, -0.25) is 4.79 Å². The van der Waals surface area contributed by atoms with Crippen molar-refractivity contribution in [2.45, 2.75) is 5.75 Å². The summed E-state index contributed by atoms with van der Waals surface area (Å²) in [5.41, 5.74) is 1.73. The van der Waals surface area contributed by atoms with E-state index >= 15 is 0 Å². The standard InChI is InChI=1S/C18H17BrN2O2S/c19-16-7-3-4-8-17(16)23-12-18(22)21-9-10-24-13-15-6-2-1-5-14(15)11-20/h1-8H,9-10,12-13H2,(H,21,22). The second-order valence-corrected chi connectivity index (χ2v) is 6.85. The molecule has 0 aliphatic heterocycles. The van der Waals surface area contributed by atoms with Gasteiger partial charge in [-0.05, 0) is 39.7 Å². The van der Waals surface area contributed by atoms with E-state index in [1.54, 1.807) is 17.8 Å². The molecule has 6 heteroatoms. The SMILES string of the molecule is N#Cc1ccccc1CSCCNC(=O)COc1ccccc1Br. The number of nitriles is 1. The van der Waals surface area contributed by atoms with Crippen LogP contribution in [0, 0.1) is 11.3 Å². The average molecular weight is 405 g/mol. The van der Waals surface area contributed by atoms with E-state index in [4.69, 9.17) is 10.00 Å². The second-order valence-electron chi connectivity index (χ2n) is 4.89. The summed E-state index contributed by atoms with van der Waals surface area (Å²) in [6.45, 7) is 0.558. The zero-order valence-electron chi connectivity index (χ0n) is 13.0. The molecule has 0 saturated heterocycles. The highest BCUT2D eigenvalue weighted by molar-refractivity contribution is 9.10. The number of carbonyl (C=O) groups excluding carboxylic acids is 1. The summed E-state index contributed by atoms with van der Waals surface area (Å²) in [4.78, 5) is 11.8. The summed E-state index contributed by atoms with van der Waals surface area (Å²) < 4.78 is 6.28. The summed E-state index contributed by atoms with van der Waals surface area (Å²) in [5.74, 6) is 2.03. The van der Waals surface area contributed by atoms with E-state index in [1.165, 1.54) is 0 Å². The molecule has 0 aromatic heterocycles. The van der Waals surface area contributed by atoms with Crippen molar-refractivity contribution in [3.63, 3.8) is 0 Å². The van der Waals surface area contributed by atoms with Crippen LogP contribution in [0.4, 0.5) is 0 Å². The van der Waals surface area contributed by atoms with Gasteiger partial charge in [0.25, 0.3) is 5.91 Å². The van der Waals surface area contributed by atoms with Crippen LogP contribution in [0.3, 0.4) is 0 Å². The Balaban J connectivity index is 1.63. The zero-order valence-corrected chi connectivity index (χ0v) is 15.4. The molecule has 0 radical (unpaired) electrons. The van der Waals surface area contributed by atoms with Crippen LogP contribution in [0.2, 0.25) is 0 Å². The third-order valence-corrected chi connectivity index (χ3v) is 4.82. The molecule has 1 amide bonds. The number of hydrogen-bond donors (Lipinski definition) is 1. The van der Waals surface area contributed by atoms with Crippen LogP contribution in [0.25, 0.3) is 0 Å². The molecule has 4 nitrogen and oxygen atoms in total. The van der Waals surface area contributed by atoms with Crippen LogP contribution in [0.1, 0.15) is 11.1 Å². The highest BCUT2D eigenvalue weighted by Crippen LogP contribution is 2.23. The molecule has 1 N–H and O–H groups in total. The highest BCUT2D eigenvalue weighted by atomic mass is 79.9. The number of nitrogens with zero attached hydrogens (tertiary/aromatic N) is 1. The molecule has 2 aromatic rings. The first-order valence-corrected chi connectivity index (χ1v) is 9.35. The summed E-state index contributed by atoms with van der Waals surface area (Å²) in [6.07, 6.45) is 0. The Labute approximate surface area is 154 Å². The predicted octanol–water partition coefficient (Wildman–Crippen LogP) is 3.75. The first-order chi connectivity index (χ1) is 11.7. The zero-order chi connectivity index (χ0) is 17.2. The molecule has 2 rings (SSSR count). The second kappa shape index (κ2) is 10.0. The smallest absolute Gasteiger partial charge is 0.257 e. The van der Waals surface area contributed by atoms with Crippen LogP contribution in [-0.2, 0) is 10.5 Å². The lowest BCUT2D eigenvalue weighted by Crippen LogP contribution is -2.30. The number of nitrogens with one attached hydrogen (secondary N) is 1. The first-order valence-electron chi connectivity index (χ1n) is 7.40. The van der Waals surface area contributed by atoms with Crippen molar-refractivity contribution in [1.29, 1.82) is 5.26 Å². The lowest BCUT2D eigenvalue weighted by Gasteiger charge is -2.09. The van der Waals surface area contributed by atoms with Gasteiger partial charge in [-0.25, -0.2) is 0 Å². The third-order valence-electron chi connectivity index (χ3n) is 3.16.